The van der Waals surface area contributed by atoms with Crippen LogP contribution < -0.4 is 10.6 Å². The van der Waals surface area contributed by atoms with Crippen molar-refractivity contribution >= 4 is 34.0 Å². The van der Waals surface area contributed by atoms with Crippen molar-refractivity contribution < 1.29 is 13.6 Å². The van der Waals surface area contributed by atoms with Crippen LogP contribution in [0.1, 0.15) is 11.4 Å². The molecule has 1 aromatic carbocycles. The van der Waals surface area contributed by atoms with E-state index in [0.29, 0.717) is 18.8 Å². The van der Waals surface area contributed by atoms with Crippen molar-refractivity contribution in [2.75, 3.05) is 31.6 Å². The van der Waals surface area contributed by atoms with E-state index < -0.39 is 24.9 Å². The number of carbonyl (C=O) groups excluding carboxylic acids is 1. The van der Waals surface area contributed by atoms with Crippen molar-refractivity contribution in [3.63, 3.8) is 0 Å². The number of halogens is 2. The zero-order valence-electron chi connectivity index (χ0n) is 16.4. The summed E-state index contributed by atoms with van der Waals surface area (Å²) in [7, 11) is 0. The molecule has 1 aliphatic heterocycles. The summed E-state index contributed by atoms with van der Waals surface area (Å²) in [5.74, 6) is 0.395. The Kier molecular flexibility index (Phi) is 6.14. The number of anilines is 1. The molecule has 0 saturated carbocycles. The molecule has 1 saturated heterocycles. The van der Waals surface area contributed by atoms with E-state index in [0.717, 1.165) is 26.4 Å². The highest BCUT2D eigenvalue weighted by atomic mass is 32.1. The maximum absolute atomic E-state index is 14.3. The molecule has 2 N–H and O–H groups in total. The number of hydrogen-bond acceptors (Lipinski definition) is 6. The van der Waals surface area contributed by atoms with E-state index in [1.54, 1.807) is 12.3 Å². The summed E-state index contributed by atoms with van der Waals surface area (Å²) in [5.41, 5.74) is 0.944. The second-order valence-corrected chi connectivity index (χ2v) is 8.37. The highest BCUT2D eigenvalue weighted by Gasteiger charge is 2.31. The predicted octanol–water partition coefficient (Wildman–Crippen LogP) is 3.57. The molecule has 0 aliphatic carbocycles. The minimum atomic E-state index is -1.24. The monoisotopic (exact) mass is 432 g/mol. The van der Waals surface area contributed by atoms with Gasteiger partial charge in [0.25, 0.3) is 0 Å². The average Bonchev–Trinajstić information content (AvgIpc) is 3.18. The Morgan fingerprint density at radius 1 is 1.30 bits per heavy atom. The molecule has 3 heterocycles. The smallest absolute Gasteiger partial charge is 0.321 e. The maximum atomic E-state index is 14.3. The van der Waals surface area contributed by atoms with Gasteiger partial charge in [0.1, 0.15) is 28.7 Å². The Labute approximate surface area is 176 Å². The number of rotatable bonds is 5. The number of nitrogens with one attached hydrogen (secondary N) is 2. The van der Waals surface area contributed by atoms with Gasteiger partial charge in [-0.05, 0) is 30.9 Å². The minimum Gasteiger partial charge on any atom is -0.321 e. The van der Waals surface area contributed by atoms with Gasteiger partial charge < -0.3 is 10.2 Å². The van der Waals surface area contributed by atoms with E-state index in [1.807, 2.05) is 25.1 Å². The van der Waals surface area contributed by atoms with Crippen LogP contribution in [0, 0.1) is 6.92 Å². The number of likely N-dealkylation sites (tertiary alicyclic amines) is 1. The Balaban J connectivity index is 1.45. The summed E-state index contributed by atoms with van der Waals surface area (Å²) in [4.78, 5) is 18.3. The first-order chi connectivity index (χ1) is 14.5. The summed E-state index contributed by atoms with van der Waals surface area (Å²) in [6.45, 7) is 1.84. The molecule has 1 aliphatic rings. The van der Waals surface area contributed by atoms with E-state index in [1.165, 1.54) is 16.2 Å². The van der Waals surface area contributed by atoms with Gasteiger partial charge >= 0.3 is 6.03 Å². The lowest BCUT2D eigenvalue weighted by atomic mass is 10.0. The number of alkyl halides is 2. The van der Waals surface area contributed by atoms with E-state index in [9.17, 15) is 13.6 Å². The number of benzene rings is 1. The molecule has 7 nitrogen and oxygen atoms in total. The second kappa shape index (κ2) is 8.97. The first kappa shape index (κ1) is 20.5. The van der Waals surface area contributed by atoms with E-state index >= 15 is 0 Å². The molecule has 158 valence electrons. The second-order valence-electron chi connectivity index (χ2n) is 7.19. The fraction of sp³-hybridized carbons (Fsp3) is 0.400. The molecule has 2 amide bonds. The van der Waals surface area contributed by atoms with Crippen molar-refractivity contribution in [1.29, 1.82) is 0 Å². The third kappa shape index (κ3) is 4.54. The first-order valence-electron chi connectivity index (χ1n) is 9.73. The molecule has 0 spiro atoms. The standard InChI is InChI=1S/C20H22F2N6OS/c1-12-26-27-19(30-12)13-2-3-14-10-24-18(9-15(14)8-13)25-20(29)28-7-4-17(16(22)11-28)23-6-5-21/h2-3,8-10,16-17,23H,4-7,11H2,1H3,(H,24,25,29)/t16-,17-/m0/s1. The molecular formula is C20H22F2N6OS. The van der Waals surface area contributed by atoms with E-state index in [4.69, 9.17) is 0 Å². The highest BCUT2D eigenvalue weighted by molar-refractivity contribution is 7.14. The summed E-state index contributed by atoms with van der Waals surface area (Å²) in [6.07, 6.45) is 0.883. The number of fused-ring (bicyclic) bond motifs is 1. The van der Waals surface area contributed by atoms with Gasteiger partial charge in [0, 0.05) is 36.3 Å². The summed E-state index contributed by atoms with van der Waals surface area (Å²) in [5, 5.41) is 17.4. The van der Waals surface area contributed by atoms with Crippen LogP contribution in [0.5, 0.6) is 0 Å². The lowest BCUT2D eigenvalue weighted by molar-refractivity contribution is 0.122. The van der Waals surface area contributed by atoms with Gasteiger partial charge in [-0.1, -0.05) is 23.5 Å². The van der Waals surface area contributed by atoms with Gasteiger partial charge in [-0.3, -0.25) is 5.32 Å². The Hall–Kier alpha value is -2.72. The topological polar surface area (TPSA) is 83.0 Å². The summed E-state index contributed by atoms with van der Waals surface area (Å²) < 4.78 is 26.6. The van der Waals surface area contributed by atoms with Crippen LogP contribution in [-0.2, 0) is 0 Å². The molecule has 10 heteroatoms. The van der Waals surface area contributed by atoms with Crippen molar-refractivity contribution in [3.05, 3.63) is 35.5 Å². The normalized spacial score (nSPS) is 19.2. The number of amides is 2. The van der Waals surface area contributed by atoms with Gasteiger partial charge in [0.05, 0.1) is 6.54 Å². The molecule has 0 unspecified atom stereocenters. The molecule has 0 radical (unpaired) electrons. The predicted molar refractivity (Wildman–Crippen MR) is 113 cm³/mol. The van der Waals surface area contributed by atoms with Crippen LogP contribution >= 0.6 is 11.3 Å². The van der Waals surface area contributed by atoms with Gasteiger partial charge in [0.15, 0.2) is 0 Å². The van der Waals surface area contributed by atoms with Gasteiger partial charge in [-0.2, -0.15) is 0 Å². The molecule has 2 atom stereocenters. The first-order valence-corrected chi connectivity index (χ1v) is 10.5. The largest absolute Gasteiger partial charge is 0.323 e. The molecule has 0 bridgehead atoms. The third-order valence-electron chi connectivity index (χ3n) is 5.06. The van der Waals surface area contributed by atoms with Crippen molar-refractivity contribution in [3.8, 4) is 10.6 Å². The number of urea groups is 1. The quantitative estimate of drug-likeness (QED) is 0.644. The molecule has 30 heavy (non-hydrogen) atoms. The van der Waals surface area contributed by atoms with E-state index in [2.05, 4.69) is 25.8 Å². The Morgan fingerprint density at radius 2 is 2.17 bits per heavy atom. The van der Waals surface area contributed by atoms with Crippen LogP contribution in [0.2, 0.25) is 0 Å². The average molecular weight is 433 g/mol. The number of aromatic nitrogens is 3. The Bertz CT molecular complexity index is 1050. The van der Waals surface area contributed by atoms with Crippen LogP contribution in [-0.4, -0.2) is 64.6 Å². The molecule has 2 aromatic heterocycles. The van der Waals surface area contributed by atoms with Crippen molar-refractivity contribution in [1.82, 2.24) is 25.4 Å². The fourth-order valence-electron chi connectivity index (χ4n) is 3.50. The van der Waals surface area contributed by atoms with Crippen LogP contribution in [0.25, 0.3) is 21.3 Å². The molecule has 4 rings (SSSR count). The number of nitrogens with zero attached hydrogens (tertiary/aromatic N) is 4. The zero-order valence-corrected chi connectivity index (χ0v) is 17.3. The number of aryl methyl sites for hydroxylation is 1. The van der Waals surface area contributed by atoms with Crippen molar-refractivity contribution in [2.24, 2.45) is 0 Å². The van der Waals surface area contributed by atoms with Crippen LogP contribution in [0.4, 0.5) is 19.4 Å². The highest BCUT2D eigenvalue weighted by Crippen LogP contribution is 2.27. The third-order valence-corrected chi connectivity index (χ3v) is 5.95. The number of hydrogen-bond donors (Lipinski definition) is 2. The zero-order chi connectivity index (χ0) is 21.1. The maximum Gasteiger partial charge on any atom is 0.323 e. The number of pyridine rings is 1. The van der Waals surface area contributed by atoms with Crippen LogP contribution in [0.15, 0.2) is 30.5 Å². The summed E-state index contributed by atoms with van der Waals surface area (Å²) in [6, 6.07) is 6.85. The summed E-state index contributed by atoms with van der Waals surface area (Å²) >= 11 is 1.51. The molecule has 3 aromatic rings. The number of piperidine rings is 1. The SMILES string of the molecule is Cc1nnc(-c2ccc3cnc(NC(=O)N4CC[C@H](NCCF)[C@@H](F)C4)cc3c2)s1. The Morgan fingerprint density at radius 3 is 2.90 bits per heavy atom. The van der Waals surface area contributed by atoms with Gasteiger partial charge in [-0.15, -0.1) is 10.2 Å². The minimum absolute atomic E-state index is 0.0378. The lowest BCUT2D eigenvalue weighted by Gasteiger charge is -2.34. The molecule has 1 fully saturated rings. The van der Waals surface area contributed by atoms with Gasteiger partial charge in [0.2, 0.25) is 0 Å². The number of carbonyl (C=O) groups is 1. The van der Waals surface area contributed by atoms with Crippen LogP contribution in [0.3, 0.4) is 0 Å². The van der Waals surface area contributed by atoms with Crippen molar-refractivity contribution in [2.45, 2.75) is 25.6 Å². The molecular weight excluding hydrogens is 410 g/mol. The van der Waals surface area contributed by atoms with Gasteiger partial charge in [-0.25, -0.2) is 18.6 Å². The fourth-order valence-corrected chi connectivity index (χ4v) is 4.19. The lowest BCUT2D eigenvalue weighted by Crippen LogP contribution is -2.53. The van der Waals surface area contributed by atoms with E-state index in [-0.39, 0.29) is 13.1 Å².